The van der Waals surface area contributed by atoms with E-state index in [4.69, 9.17) is 4.84 Å². The van der Waals surface area contributed by atoms with Crippen molar-refractivity contribution in [3.05, 3.63) is 33.1 Å². The smallest absolute Gasteiger partial charge is 0.332 e. The zero-order chi connectivity index (χ0) is 19.7. The molecule has 0 unspecified atom stereocenters. The van der Waals surface area contributed by atoms with Gasteiger partial charge in [-0.05, 0) is 6.42 Å². The Hall–Kier alpha value is -1.85. The van der Waals surface area contributed by atoms with Gasteiger partial charge in [0, 0.05) is 12.5 Å². The molecule has 27 heavy (non-hydrogen) atoms. The summed E-state index contributed by atoms with van der Waals surface area (Å²) in [5.74, 6) is -0.455. The van der Waals surface area contributed by atoms with Gasteiger partial charge in [-0.2, -0.15) is 0 Å². The Morgan fingerprint density at radius 1 is 0.852 bits per heavy atom. The Balaban J connectivity index is 1.90. The van der Waals surface area contributed by atoms with E-state index in [-0.39, 0.29) is 6.42 Å². The lowest BCUT2D eigenvalue weighted by Crippen LogP contribution is -2.35. The third-order valence-electron chi connectivity index (χ3n) is 4.73. The van der Waals surface area contributed by atoms with Gasteiger partial charge in [-0.1, -0.05) is 90.4 Å². The Bertz CT molecular complexity index is 621. The minimum absolute atomic E-state index is 0.281. The molecule has 0 atom stereocenters. The van der Waals surface area contributed by atoms with Crippen LogP contribution in [0, 0.1) is 0 Å². The topological polar surface area (TPSA) is 81.2 Å². The van der Waals surface area contributed by atoms with Crippen LogP contribution < -0.4 is 16.1 Å². The molecule has 154 valence electrons. The fourth-order valence-corrected chi connectivity index (χ4v) is 3.10. The summed E-state index contributed by atoms with van der Waals surface area (Å²) in [5, 5.41) is 0. The number of unbranched alkanes of at least 4 members (excludes halogenated alkanes) is 13. The van der Waals surface area contributed by atoms with Crippen LogP contribution in [0.4, 0.5) is 0 Å². The molecular weight excluding hydrogens is 344 g/mol. The van der Waals surface area contributed by atoms with E-state index < -0.39 is 17.2 Å². The molecule has 0 amide bonds. The van der Waals surface area contributed by atoms with Crippen molar-refractivity contribution >= 4 is 5.97 Å². The molecule has 1 N–H and O–H groups in total. The number of nitrogens with zero attached hydrogens (tertiary/aromatic N) is 1. The first-order valence-corrected chi connectivity index (χ1v) is 10.7. The van der Waals surface area contributed by atoms with Crippen LogP contribution in [-0.4, -0.2) is 15.7 Å². The Morgan fingerprint density at radius 2 is 1.33 bits per heavy atom. The quantitative estimate of drug-likeness (QED) is 0.432. The van der Waals surface area contributed by atoms with E-state index >= 15 is 0 Å². The second kappa shape index (κ2) is 15.2. The lowest BCUT2D eigenvalue weighted by Gasteiger charge is -2.05. The molecule has 0 aliphatic heterocycles. The first-order valence-electron chi connectivity index (χ1n) is 10.7. The summed E-state index contributed by atoms with van der Waals surface area (Å²) >= 11 is 0. The van der Waals surface area contributed by atoms with Crippen LogP contribution in [0.3, 0.4) is 0 Å². The molecule has 0 aliphatic rings. The average Bonchev–Trinajstić information content (AvgIpc) is 2.64. The maximum Gasteiger partial charge on any atom is 0.361 e. The zero-order valence-corrected chi connectivity index (χ0v) is 16.8. The standard InChI is InChI=1S/C21H36N2O4/c1-2-3-4-5-6-7-8-9-10-11-12-13-14-15-16-20(25)27-23-18-17-19(24)22-21(23)26/h17-18H,2-16H2,1H3,(H,22,24,26). The number of H-pyrrole nitrogens is 1. The minimum atomic E-state index is -0.739. The van der Waals surface area contributed by atoms with Crippen molar-refractivity contribution in [3.8, 4) is 0 Å². The number of hydrogen-bond donors (Lipinski definition) is 1. The van der Waals surface area contributed by atoms with Gasteiger partial charge >= 0.3 is 11.7 Å². The fourth-order valence-electron chi connectivity index (χ4n) is 3.10. The molecule has 1 rings (SSSR count). The normalized spacial score (nSPS) is 10.9. The average molecular weight is 381 g/mol. The van der Waals surface area contributed by atoms with E-state index in [9.17, 15) is 14.4 Å². The second-order valence-electron chi connectivity index (χ2n) is 7.25. The summed E-state index contributed by atoms with van der Waals surface area (Å²) < 4.78 is 0.757. The van der Waals surface area contributed by atoms with Gasteiger partial charge in [0.15, 0.2) is 0 Å². The van der Waals surface area contributed by atoms with Crippen molar-refractivity contribution in [2.75, 3.05) is 0 Å². The lowest BCUT2D eigenvalue weighted by atomic mass is 10.0. The largest absolute Gasteiger partial charge is 0.361 e. The highest BCUT2D eigenvalue weighted by Crippen LogP contribution is 2.13. The van der Waals surface area contributed by atoms with Gasteiger partial charge in [0.1, 0.15) is 0 Å². The molecule has 0 bridgehead atoms. The van der Waals surface area contributed by atoms with E-state index in [1.54, 1.807) is 0 Å². The molecule has 1 aromatic rings. The van der Waals surface area contributed by atoms with Crippen molar-refractivity contribution in [3.63, 3.8) is 0 Å². The highest BCUT2D eigenvalue weighted by Gasteiger charge is 2.06. The second-order valence-corrected chi connectivity index (χ2v) is 7.25. The van der Waals surface area contributed by atoms with E-state index in [0.29, 0.717) is 0 Å². The molecular formula is C21H36N2O4. The minimum Gasteiger partial charge on any atom is -0.332 e. The number of aromatic amines is 1. The molecule has 0 aliphatic carbocycles. The molecule has 0 radical (unpaired) electrons. The molecule has 6 nitrogen and oxygen atoms in total. The highest BCUT2D eigenvalue weighted by atomic mass is 16.7. The molecule has 1 aromatic heterocycles. The van der Waals surface area contributed by atoms with Gasteiger partial charge in [-0.15, -0.1) is 4.73 Å². The van der Waals surface area contributed by atoms with Crippen molar-refractivity contribution in [2.45, 2.75) is 103 Å². The van der Waals surface area contributed by atoms with Crippen LogP contribution in [0.1, 0.15) is 103 Å². The Kier molecular flexibility index (Phi) is 13.1. The number of nitrogens with one attached hydrogen (secondary N) is 1. The maximum absolute atomic E-state index is 11.7. The molecule has 6 heteroatoms. The zero-order valence-electron chi connectivity index (χ0n) is 16.8. The van der Waals surface area contributed by atoms with Crippen LogP contribution >= 0.6 is 0 Å². The predicted octanol–water partition coefficient (Wildman–Crippen LogP) is 4.36. The van der Waals surface area contributed by atoms with Crippen LogP contribution in [0.15, 0.2) is 21.9 Å². The maximum atomic E-state index is 11.7. The van der Waals surface area contributed by atoms with Crippen LogP contribution in [0.2, 0.25) is 0 Å². The van der Waals surface area contributed by atoms with E-state index in [0.717, 1.165) is 36.3 Å². The Morgan fingerprint density at radius 3 is 1.81 bits per heavy atom. The number of aromatic nitrogens is 2. The first-order chi connectivity index (χ1) is 13.1. The molecule has 0 spiro atoms. The number of carbonyl (C=O) groups is 1. The SMILES string of the molecule is CCCCCCCCCCCCCCCCC(=O)On1ccc(=O)[nH]c1=O. The number of carbonyl (C=O) groups excluding carboxylic acids is 1. The van der Waals surface area contributed by atoms with Gasteiger partial charge in [0.2, 0.25) is 0 Å². The van der Waals surface area contributed by atoms with Crippen molar-refractivity contribution in [1.29, 1.82) is 0 Å². The van der Waals surface area contributed by atoms with Crippen molar-refractivity contribution in [1.82, 2.24) is 9.71 Å². The molecule has 0 saturated heterocycles. The van der Waals surface area contributed by atoms with Gasteiger partial charge < -0.3 is 4.84 Å². The summed E-state index contributed by atoms with van der Waals surface area (Å²) in [6, 6.07) is 1.14. The van der Waals surface area contributed by atoms with Crippen LogP contribution in [0.25, 0.3) is 0 Å². The summed E-state index contributed by atoms with van der Waals surface area (Å²) in [4.78, 5) is 41.0. The third kappa shape index (κ3) is 12.2. The first kappa shape index (κ1) is 23.2. The van der Waals surface area contributed by atoms with E-state index in [2.05, 4.69) is 6.92 Å². The summed E-state index contributed by atoms with van der Waals surface area (Å²) in [5.41, 5.74) is -1.25. The summed E-state index contributed by atoms with van der Waals surface area (Å²) in [7, 11) is 0. The van der Waals surface area contributed by atoms with Gasteiger partial charge in [-0.25, -0.2) is 9.59 Å². The van der Waals surface area contributed by atoms with E-state index in [1.165, 1.54) is 70.6 Å². The Labute approximate surface area is 162 Å². The van der Waals surface area contributed by atoms with Crippen LogP contribution in [0.5, 0.6) is 0 Å². The number of hydrogen-bond acceptors (Lipinski definition) is 4. The molecule has 0 fully saturated rings. The third-order valence-corrected chi connectivity index (χ3v) is 4.73. The van der Waals surface area contributed by atoms with Gasteiger partial charge in [-0.3, -0.25) is 9.78 Å². The van der Waals surface area contributed by atoms with Gasteiger partial charge in [0.25, 0.3) is 5.56 Å². The molecule has 0 saturated carbocycles. The van der Waals surface area contributed by atoms with Crippen molar-refractivity contribution < 1.29 is 9.63 Å². The van der Waals surface area contributed by atoms with E-state index in [1.807, 2.05) is 4.98 Å². The molecule has 1 heterocycles. The lowest BCUT2D eigenvalue weighted by molar-refractivity contribution is -0.144. The predicted molar refractivity (Wildman–Crippen MR) is 108 cm³/mol. The summed E-state index contributed by atoms with van der Waals surface area (Å²) in [6.07, 6.45) is 19.1. The summed E-state index contributed by atoms with van der Waals surface area (Å²) in [6.45, 7) is 2.25. The van der Waals surface area contributed by atoms with Crippen molar-refractivity contribution in [2.24, 2.45) is 0 Å². The molecule has 0 aromatic carbocycles. The monoisotopic (exact) mass is 380 g/mol. The van der Waals surface area contributed by atoms with Crippen LogP contribution in [-0.2, 0) is 4.79 Å². The highest BCUT2D eigenvalue weighted by molar-refractivity contribution is 5.69. The fraction of sp³-hybridized carbons (Fsp3) is 0.762. The number of rotatable bonds is 16. The van der Waals surface area contributed by atoms with Gasteiger partial charge in [0.05, 0.1) is 6.20 Å².